The largest absolute Gasteiger partial charge is 0.497 e. The summed E-state index contributed by atoms with van der Waals surface area (Å²) < 4.78 is 41.7. The molecule has 2 aromatic heterocycles. The number of morpholine rings is 1. The number of thiophene rings is 1. The van der Waals surface area contributed by atoms with E-state index in [-0.39, 0.29) is 11.5 Å². The van der Waals surface area contributed by atoms with Gasteiger partial charge >= 0.3 is 10.2 Å². The number of carbonyl (C=O) groups is 2. The van der Waals surface area contributed by atoms with E-state index in [0.717, 1.165) is 74.6 Å². The van der Waals surface area contributed by atoms with Gasteiger partial charge in [-0.3, -0.25) is 9.59 Å². The molecule has 2 amide bonds. The zero-order valence-corrected chi connectivity index (χ0v) is 29.1. The van der Waals surface area contributed by atoms with Gasteiger partial charge in [-0.15, -0.1) is 11.3 Å². The minimum Gasteiger partial charge on any atom is -0.497 e. The Kier molecular flexibility index (Phi) is 8.92. The lowest BCUT2D eigenvalue weighted by atomic mass is 9.81. The Morgan fingerprint density at radius 1 is 1.00 bits per heavy atom. The van der Waals surface area contributed by atoms with Gasteiger partial charge in [-0.25, -0.2) is 4.72 Å². The van der Waals surface area contributed by atoms with Crippen LogP contribution < -0.4 is 9.46 Å². The third-order valence-corrected chi connectivity index (χ3v) is 12.1. The van der Waals surface area contributed by atoms with Gasteiger partial charge in [0.2, 0.25) is 0 Å². The molecule has 7 rings (SSSR count). The molecule has 1 saturated carbocycles. The average Bonchev–Trinajstić information content (AvgIpc) is 3.67. The number of nitrogens with one attached hydrogen (secondary N) is 1. The summed E-state index contributed by atoms with van der Waals surface area (Å²) in [5, 5.41) is 3.03. The molecular weight excluding hydrogens is 649 g/mol. The molecule has 4 heterocycles. The number of nitrogens with zero attached hydrogens (tertiary/aromatic N) is 3. The molecular formula is C36H40N4O6S2. The smallest absolute Gasteiger partial charge is 0.303 e. The predicted molar refractivity (Wildman–Crippen MR) is 189 cm³/mol. The fourth-order valence-electron chi connectivity index (χ4n) is 7.25. The molecule has 0 atom stereocenters. The monoisotopic (exact) mass is 688 g/mol. The zero-order valence-electron chi connectivity index (χ0n) is 27.5. The molecule has 10 nitrogen and oxygen atoms in total. The molecule has 12 heteroatoms. The second-order valence-corrected chi connectivity index (χ2v) is 15.6. The van der Waals surface area contributed by atoms with Crippen LogP contribution in [0.15, 0.2) is 47.8 Å². The van der Waals surface area contributed by atoms with Crippen molar-refractivity contribution in [1.82, 2.24) is 18.5 Å². The molecule has 1 aliphatic carbocycles. The van der Waals surface area contributed by atoms with Gasteiger partial charge in [-0.1, -0.05) is 25.3 Å². The van der Waals surface area contributed by atoms with Crippen LogP contribution in [0.4, 0.5) is 0 Å². The third kappa shape index (κ3) is 5.95. The van der Waals surface area contributed by atoms with E-state index in [2.05, 4.69) is 21.4 Å². The van der Waals surface area contributed by atoms with Crippen LogP contribution >= 0.6 is 11.3 Å². The maximum absolute atomic E-state index is 13.8. The summed E-state index contributed by atoms with van der Waals surface area (Å²) >= 11 is 1.45. The van der Waals surface area contributed by atoms with Crippen molar-refractivity contribution in [1.29, 1.82) is 0 Å². The Morgan fingerprint density at radius 2 is 1.77 bits per heavy atom. The lowest BCUT2D eigenvalue weighted by molar-refractivity contribution is 0.0306. The molecule has 1 saturated heterocycles. The molecule has 0 unspecified atom stereocenters. The Morgan fingerprint density at radius 3 is 2.50 bits per heavy atom. The average molecular weight is 689 g/mol. The van der Waals surface area contributed by atoms with Crippen LogP contribution in [0.1, 0.15) is 74.7 Å². The third-order valence-electron chi connectivity index (χ3n) is 9.76. The van der Waals surface area contributed by atoms with E-state index in [4.69, 9.17) is 9.47 Å². The SMILES string of the molecule is COc1ccc2c(c1)C=C(c1ccsc1C(=O)N1CCOCC1)Cn1c-2c(C2CCCCC2)c2ccc(C(=O)NS(=O)(=O)N(C)C)cc21. The number of rotatable bonds is 7. The summed E-state index contributed by atoms with van der Waals surface area (Å²) in [5.41, 5.74) is 7.36. The highest BCUT2D eigenvalue weighted by Crippen LogP contribution is 2.48. The van der Waals surface area contributed by atoms with E-state index < -0.39 is 16.1 Å². The Labute approximate surface area is 285 Å². The molecule has 252 valence electrons. The number of hydrogen-bond donors (Lipinski definition) is 1. The molecule has 4 aromatic rings. The van der Waals surface area contributed by atoms with Crippen LogP contribution in [-0.2, 0) is 21.5 Å². The van der Waals surface area contributed by atoms with Crippen LogP contribution in [-0.4, -0.2) is 81.5 Å². The highest BCUT2D eigenvalue weighted by molar-refractivity contribution is 7.87. The fourth-order valence-corrected chi connectivity index (χ4v) is 8.68. The number of fused-ring (bicyclic) bond motifs is 5. The number of carbonyl (C=O) groups excluding carboxylic acids is 2. The summed E-state index contributed by atoms with van der Waals surface area (Å²) in [5.74, 6) is 0.387. The van der Waals surface area contributed by atoms with Crippen LogP contribution in [0.25, 0.3) is 33.8 Å². The summed E-state index contributed by atoms with van der Waals surface area (Å²) in [4.78, 5) is 29.7. The first-order valence-corrected chi connectivity index (χ1v) is 18.7. The van der Waals surface area contributed by atoms with Crippen LogP contribution in [0.5, 0.6) is 5.75 Å². The molecule has 1 N–H and O–H groups in total. The van der Waals surface area contributed by atoms with Crippen molar-refractivity contribution in [3.63, 3.8) is 0 Å². The zero-order chi connectivity index (χ0) is 33.6. The van der Waals surface area contributed by atoms with E-state index in [0.29, 0.717) is 43.6 Å². The minimum absolute atomic E-state index is 0.000790. The number of aromatic nitrogens is 1. The van der Waals surface area contributed by atoms with Gasteiger partial charge in [-0.2, -0.15) is 12.7 Å². The number of allylic oxidation sites excluding steroid dienone is 1. The van der Waals surface area contributed by atoms with Crippen molar-refractivity contribution in [2.24, 2.45) is 0 Å². The van der Waals surface area contributed by atoms with Gasteiger partial charge in [0, 0.05) is 61.3 Å². The molecule has 3 aliphatic rings. The maximum atomic E-state index is 13.8. The van der Waals surface area contributed by atoms with Crippen LogP contribution in [0, 0.1) is 0 Å². The highest BCUT2D eigenvalue weighted by atomic mass is 32.2. The molecule has 0 spiro atoms. The summed E-state index contributed by atoms with van der Waals surface area (Å²) in [7, 11) is 0.443. The lowest BCUT2D eigenvalue weighted by Crippen LogP contribution is -2.40. The van der Waals surface area contributed by atoms with Crippen molar-refractivity contribution in [2.75, 3.05) is 47.5 Å². The number of amides is 2. The van der Waals surface area contributed by atoms with Crippen molar-refractivity contribution < 1.29 is 27.5 Å². The topological polar surface area (TPSA) is 110 Å². The minimum atomic E-state index is -3.98. The summed E-state index contributed by atoms with van der Waals surface area (Å²) in [6.07, 6.45) is 7.83. The van der Waals surface area contributed by atoms with E-state index >= 15 is 0 Å². The molecule has 2 fully saturated rings. The molecule has 48 heavy (non-hydrogen) atoms. The number of hydrogen-bond acceptors (Lipinski definition) is 7. The molecule has 2 aromatic carbocycles. The first kappa shape index (κ1) is 32.6. The van der Waals surface area contributed by atoms with Crippen molar-refractivity contribution >= 4 is 55.9 Å². The van der Waals surface area contributed by atoms with E-state index in [9.17, 15) is 18.0 Å². The normalized spacial score (nSPS) is 17.1. The number of benzene rings is 2. The lowest BCUT2D eigenvalue weighted by Gasteiger charge is -2.27. The van der Waals surface area contributed by atoms with Crippen LogP contribution in [0.2, 0.25) is 0 Å². The van der Waals surface area contributed by atoms with Gasteiger partial charge in [0.25, 0.3) is 11.8 Å². The fraction of sp³-hybridized carbons (Fsp3) is 0.389. The highest BCUT2D eigenvalue weighted by Gasteiger charge is 2.32. The maximum Gasteiger partial charge on any atom is 0.303 e. The molecule has 0 radical (unpaired) electrons. The van der Waals surface area contributed by atoms with Crippen molar-refractivity contribution in [3.05, 3.63) is 75.0 Å². The second kappa shape index (κ2) is 13.1. The quantitative estimate of drug-likeness (QED) is 0.256. The van der Waals surface area contributed by atoms with Gasteiger partial charge in [0.05, 0.1) is 30.9 Å². The molecule has 0 bridgehead atoms. The van der Waals surface area contributed by atoms with Crippen molar-refractivity contribution in [2.45, 2.75) is 44.6 Å². The van der Waals surface area contributed by atoms with Gasteiger partial charge in [0.15, 0.2) is 0 Å². The second-order valence-electron chi connectivity index (χ2n) is 12.8. The summed E-state index contributed by atoms with van der Waals surface area (Å²) in [6.45, 7) is 2.62. The van der Waals surface area contributed by atoms with Crippen LogP contribution in [0.3, 0.4) is 0 Å². The first-order valence-electron chi connectivity index (χ1n) is 16.4. The van der Waals surface area contributed by atoms with E-state index in [1.165, 1.54) is 37.4 Å². The van der Waals surface area contributed by atoms with Crippen molar-refractivity contribution in [3.8, 4) is 17.0 Å². The Bertz CT molecular complexity index is 2030. The van der Waals surface area contributed by atoms with Gasteiger partial charge in [-0.05, 0) is 83.3 Å². The molecule has 2 aliphatic heterocycles. The van der Waals surface area contributed by atoms with E-state index in [1.54, 1.807) is 13.2 Å². The standard InChI is InChI=1S/C36H40N4O6S2/c1-38(2)48(43,44)37-35(41)24-9-11-30-31(21-24)40-22-26(29-13-18-47-34(29)36(42)39-14-16-46-17-15-39)19-25-20-27(45-3)10-12-28(25)33(40)32(30)23-7-5-4-6-8-23/h9-13,18-21,23H,4-8,14-17,22H2,1-3H3,(H,37,41). The first-order chi connectivity index (χ1) is 23.2. The Hall–Kier alpha value is -3.97. The number of ether oxygens (including phenoxy) is 2. The number of methoxy groups -OCH3 is 1. The Balaban J connectivity index is 1.43. The predicted octanol–water partition coefficient (Wildman–Crippen LogP) is 5.99. The van der Waals surface area contributed by atoms with Gasteiger partial charge < -0.3 is 18.9 Å². The van der Waals surface area contributed by atoms with E-state index in [1.807, 2.05) is 40.6 Å². The van der Waals surface area contributed by atoms with Gasteiger partial charge in [0.1, 0.15) is 5.75 Å². The summed E-state index contributed by atoms with van der Waals surface area (Å²) in [6, 6.07) is 13.7.